The summed E-state index contributed by atoms with van der Waals surface area (Å²) in [6.07, 6.45) is 4.24. The van der Waals surface area contributed by atoms with Crippen molar-refractivity contribution in [2.45, 2.75) is 44.5 Å². The van der Waals surface area contributed by atoms with Gasteiger partial charge in [-0.3, -0.25) is 9.20 Å². The molecule has 0 aliphatic carbocycles. The molecule has 3 aromatic rings. The maximum atomic E-state index is 12.1. The highest BCUT2D eigenvalue weighted by Gasteiger charge is 2.21. The number of aromatic nitrogens is 5. The summed E-state index contributed by atoms with van der Waals surface area (Å²) in [6, 6.07) is 0. The summed E-state index contributed by atoms with van der Waals surface area (Å²) in [5.41, 5.74) is 1.88. The average molecular weight is 407 g/mol. The van der Waals surface area contributed by atoms with E-state index in [1.54, 1.807) is 11.3 Å². The van der Waals surface area contributed by atoms with Crippen molar-refractivity contribution in [2.75, 3.05) is 18.9 Å². The molecule has 1 aliphatic rings. The first-order valence-corrected chi connectivity index (χ1v) is 10.9. The second-order valence-corrected chi connectivity index (χ2v) is 8.20. The van der Waals surface area contributed by atoms with Gasteiger partial charge in [0.1, 0.15) is 5.69 Å². The van der Waals surface area contributed by atoms with Gasteiger partial charge >= 0.3 is 0 Å². The molecule has 10 heteroatoms. The molecule has 0 bridgehead atoms. The van der Waals surface area contributed by atoms with Gasteiger partial charge in [-0.05, 0) is 26.7 Å². The molecule has 8 nitrogen and oxygen atoms in total. The van der Waals surface area contributed by atoms with Crippen LogP contribution in [0.5, 0.6) is 0 Å². The maximum absolute atomic E-state index is 12.1. The van der Waals surface area contributed by atoms with E-state index in [1.165, 1.54) is 11.8 Å². The smallest absolute Gasteiger partial charge is 0.230 e. The molecule has 0 aromatic carbocycles. The van der Waals surface area contributed by atoms with E-state index >= 15 is 0 Å². The lowest BCUT2D eigenvalue weighted by Crippen LogP contribution is -2.32. The average Bonchev–Trinajstić information content (AvgIpc) is 3.42. The predicted octanol–water partition coefficient (Wildman–Crippen LogP) is 2.37. The van der Waals surface area contributed by atoms with Crippen LogP contribution in [-0.2, 0) is 16.1 Å². The highest BCUT2D eigenvalue weighted by molar-refractivity contribution is 7.99. The lowest BCUT2D eigenvalue weighted by atomic mass is 10.2. The predicted molar refractivity (Wildman–Crippen MR) is 105 cm³/mol. The molecular weight excluding hydrogens is 384 g/mol. The van der Waals surface area contributed by atoms with Gasteiger partial charge in [0.2, 0.25) is 5.91 Å². The second-order valence-electron chi connectivity index (χ2n) is 6.38. The number of carbonyl (C=O) groups is 1. The number of thioether (sulfide) groups is 1. The van der Waals surface area contributed by atoms with E-state index in [0.717, 1.165) is 53.3 Å². The Kier molecular flexibility index (Phi) is 5.46. The van der Waals surface area contributed by atoms with Gasteiger partial charge in [-0.2, -0.15) is 0 Å². The zero-order valence-corrected chi connectivity index (χ0v) is 17.0. The summed E-state index contributed by atoms with van der Waals surface area (Å²) in [7, 11) is 0. The normalized spacial score (nSPS) is 17.0. The van der Waals surface area contributed by atoms with Crippen molar-refractivity contribution in [1.82, 2.24) is 29.5 Å². The Bertz CT molecular complexity index is 941. The van der Waals surface area contributed by atoms with Gasteiger partial charge in [-0.1, -0.05) is 11.8 Å². The van der Waals surface area contributed by atoms with Crippen LogP contribution < -0.4 is 5.32 Å². The van der Waals surface area contributed by atoms with Crippen molar-refractivity contribution < 1.29 is 9.53 Å². The summed E-state index contributed by atoms with van der Waals surface area (Å²) in [5.74, 6) is 1.08. The third-order valence-electron chi connectivity index (χ3n) is 4.56. The number of carbonyl (C=O) groups excluding carboxylic acids is 1. The number of amides is 1. The molecule has 1 fully saturated rings. The number of hydrogen-bond acceptors (Lipinski definition) is 7. The summed E-state index contributed by atoms with van der Waals surface area (Å²) < 4.78 is 9.61. The van der Waals surface area contributed by atoms with Crippen molar-refractivity contribution in [3.05, 3.63) is 17.3 Å². The zero-order valence-electron chi connectivity index (χ0n) is 15.3. The monoisotopic (exact) mass is 406 g/mol. The third kappa shape index (κ3) is 3.74. The van der Waals surface area contributed by atoms with Gasteiger partial charge < -0.3 is 14.6 Å². The van der Waals surface area contributed by atoms with E-state index in [4.69, 9.17) is 4.74 Å². The molecule has 0 radical (unpaired) electrons. The number of thiazole rings is 1. The number of hydrogen-bond donors (Lipinski definition) is 1. The quantitative estimate of drug-likeness (QED) is 0.606. The molecule has 1 atom stereocenters. The number of rotatable bonds is 7. The van der Waals surface area contributed by atoms with Crippen LogP contribution in [0.15, 0.2) is 16.7 Å². The van der Waals surface area contributed by atoms with Crippen LogP contribution in [0.1, 0.15) is 25.5 Å². The minimum Gasteiger partial charge on any atom is -0.376 e. The van der Waals surface area contributed by atoms with Crippen molar-refractivity contribution in [3.63, 3.8) is 0 Å². The first-order valence-electron chi connectivity index (χ1n) is 9.04. The Labute approximate surface area is 165 Å². The molecule has 3 aromatic heterocycles. The molecule has 4 heterocycles. The van der Waals surface area contributed by atoms with E-state index < -0.39 is 0 Å². The number of ether oxygens (including phenoxy) is 1. The standard InChI is InChI=1S/C17H22N6O2S2/c1-3-22-15(14-11(2)19-16-23(14)6-8-26-16)20-21-17(22)27-10-13(24)18-9-12-5-4-7-25-12/h6,8,12H,3-5,7,9-10H2,1-2H3,(H,18,24). The highest BCUT2D eigenvalue weighted by atomic mass is 32.2. The van der Waals surface area contributed by atoms with Crippen LogP contribution in [0, 0.1) is 6.92 Å². The van der Waals surface area contributed by atoms with E-state index in [9.17, 15) is 4.79 Å². The molecule has 4 rings (SSSR count). The molecule has 144 valence electrons. The molecule has 1 N–H and O–H groups in total. The highest BCUT2D eigenvalue weighted by Crippen LogP contribution is 2.28. The first-order chi connectivity index (χ1) is 13.2. The van der Waals surface area contributed by atoms with Crippen LogP contribution in [0.25, 0.3) is 16.5 Å². The fraction of sp³-hybridized carbons (Fsp3) is 0.529. The number of aryl methyl sites for hydroxylation is 1. The van der Waals surface area contributed by atoms with Gasteiger partial charge in [0, 0.05) is 31.3 Å². The van der Waals surface area contributed by atoms with Gasteiger partial charge in [0.25, 0.3) is 0 Å². The number of nitrogens with zero attached hydrogens (tertiary/aromatic N) is 5. The van der Waals surface area contributed by atoms with Crippen LogP contribution in [0.4, 0.5) is 0 Å². The van der Waals surface area contributed by atoms with Crippen molar-refractivity contribution in [2.24, 2.45) is 0 Å². The summed E-state index contributed by atoms with van der Waals surface area (Å²) in [5, 5.41) is 14.4. The van der Waals surface area contributed by atoms with Crippen LogP contribution in [0.2, 0.25) is 0 Å². The minimum absolute atomic E-state index is 0.0107. The second kappa shape index (κ2) is 7.99. The summed E-state index contributed by atoms with van der Waals surface area (Å²) in [4.78, 5) is 17.7. The summed E-state index contributed by atoms with van der Waals surface area (Å²) >= 11 is 3.00. The Morgan fingerprint density at radius 1 is 1.48 bits per heavy atom. The van der Waals surface area contributed by atoms with E-state index in [1.807, 2.05) is 27.5 Å². The van der Waals surface area contributed by atoms with Gasteiger partial charge in [-0.25, -0.2) is 4.98 Å². The molecule has 0 saturated carbocycles. The van der Waals surface area contributed by atoms with Crippen molar-refractivity contribution in [1.29, 1.82) is 0 Å². The van der Waals surface area contributed by atoms with Gasteiger partial charge in [-0.15, -0.1) is 21.5 Å². The number of nitrogens with one attached hydrogen (secondary N) is 1. The number of imidazole rings is 1. The van der Waals surface area contributed by atoms with Gasteiger partial charge in [0.15, 0.2) is 15.9 Å². The zero-order chi connectivity index (χ0) is 18.8. The summed E-state index contributed by atoms with van der Waals surface area (Å²) in [6.45, 7) is 6.13. The van der Waals surface area contributed by atoms with Crippen molar-refractivity contribution >= 4 is 34.0 Å². The molecule has 27 heavy (non-hydrogen) atoms. The molecule has 0 spiro atoms. The molecule has 1 saturated heterocycles. The van der Waals surface area contributed by atoms with Crippen LogP contribution in [-0.4, -0.2) is 55.1 Å². The molecular formula is C17H22N6O2S2. The lowest BCUT2D eigenvalue weighted by Gasteiger charge is -2.11. The Morgan fingerprint density at radius 2 is 2.37 bits per heavy atom. The fourth-order valence-corrected chi connectivity index (χ4v) is 4.83. The SMILES string of the molecule is CCn1c(SCC(=O)NCC2CCCO2)nnc1-c1c(C)nc2sccn12. The molecule has 1 amide bonds. The largest absolute Gasteiger partial charge is 0.376 e. The Hall–Kier alpha value is -1.91. The van der Waals surface area contributed by atoms with E-state index in [0.29, 0.717) is 12.3 Å². The topological polar surface area (TPSA) is 86.3 Å². The van der Waals surface area contributed by atoms with Gasteiger partial charge in [0.05, 0.1) is 17.6 Å². The van der Waals surface area contributed by atoms with Crippen molar-refractivity contribution in [3.8, 4) is 11.5 Å². The number of fused-ring (bicyclic) bond motifs is 1. The molecule has 1 unspecified atom stereocenters. The first kappa shape index (κ1) is 18.5. The van der Waals surface area contributed by atoms with Crippen LogP contribution in [0.3, 0.4) is 0 Å². The van der Waals surface area contributed by atoms with E-state index in [2.05, 4.69) is 27.4 Å². The van der Waals surface area contributed by atoms with E-state index in [-0.39, 0.29) is 12.0 Å². The fourth-order valence-electron chi connectivity index (χ4n) is 3.23. The maximum Gasteiger partial charge on any atom is 0.230 e. The lowest BCUT2D eigenvalue weighted by molar-refractivity contribution is -0.119. The third-order valence-corrected chi connectivity index (χ3v) is 6.29. The minimum atomic E-state index is -0.0107. The molecule has 1 aliphatic heterocycles. The van der Waals surface area contributed by atoms with Crippen LogP contribution >= 0.6 is 23.1 Å². The Balaban J connectivity index is 1.45. The Morgan fingerprint density at radius 3 is 3.15 bits per heavy atom.